The van der Waals surface area contributed by atoms with Gasteiger partial charge in [-0.2, -0.15) is 15.3 Å². The molecule has 0 fully saturated rings. The molecular formula is C23H28N8O4. The Kier molecular flexibility index (Phi) is 7.80. The molecular weight excluding hydrogens is 452 g/mol. The van der Waals surface area contributed by atoms with Crippen molar-refractivity contribution in [2.75, 3.05) is 0 Å². The highest BCUT2D eigenvalue weighted by Crippen LogP contribution is 2.23. The number of carbonyl (C=O) groups is 3. The second-order valence-corrected chi connectivity index (χ2v) is 9.07. The molecule has 3 aromatic rings. The molecule has 0 saturated heterocycles. The number of nitrogens with zero attached hydrogens (tertiary/aromatic N) is 5. The topological polar surface area (TPSA) is 182 Å². The summed E-state index contributed by atoms with van der Waals surface area (Å²) < 4.78 is 6.46. The largest absolute Gasteiger partial charge is 0.361 e. The number of carbonyl (C=O) groups excluding carboxylic acids is 3. The quantitative estimate of drug-likeness (QED) is 0.366. The number of fused-ring (bicyclic) bond motifs is 1. The molecule has 184 valence electrons. The van der Waals surface area contributed by atoms with Crippen LogP contribution in [0.4, 0.5) is 0 Å². The van der Waals surface area contributed by atoms with Gasteiger partial charge in [-0.25, -0.2) is 0 Å². The van der Waals surface area contributed by atoms with E-state index < -0.39 is 29.2 Å². The molecule has 35 heavy (non-hydrogen) atoms. The van der Waals surface area contributed by atoms with Gasteiger partial charge in [-0.15, -0.1) is 0 Å². The van der Waals surface area contributed by atoms with Crippen molar-refractivity contribution in [1.29, 1.82) is 5.26 Å². The maximum atomic E-state index is 13.3. The fourth-order valence-corrected chi connectivity index (χ4v) is 3.50. The zero-order valence-corrected chi connectivity index (χ0v) is 19.9. The predicted octanol–water partition coefficient (Wildman–Crippen LogP) is 1.67. The number of aromatic nitrogens is 4. The molecule has 0 saturated carbocycles. The fraction of sp³-hybridized carbons (Fsp3) is 0.435. The van der Waals surface area contributed by atoms with Crippen LogP contribution < -0.4 is 16.4 Å². The van der Waals surface area contributed by atoms with Crippen molar-refractivity contribution in [2.24, 2.45) is 11.1 Å². The number of aryl methyl sites for hydroxylation is 1. The van der Waals surface area contributed by atoms with Gasteiger partial charge in [-0.05, 0) is 24.3 Å². The Morgan fingerprint density at radius 3 is 2.63 bits per heavy atom. The van der Waals surface area contributed by atoms with Crippen LogP contribution in [0.1, 0.15) is 67.0 Å². The normalized spacial score (nSPS) is 12.2. The van der Waals surface area contributed by atoms with Crippen molar-refractivity contribution >= 4 is 28.6 Å². The van der Waals surface area contributed by atoms with Gasteiger partial charge in [0.1, 0.15) is 6.04 Å². The van der Waals surface area contributed by atoms with Crippen LogP contribution in [0, 0.1) is 16.7 Å². The molecule has 1 atom stereocenters. The number of nitrogens with one attached hydrogen (secondary N) is 2. The van der Waals surface area contributed by atoms with Gasteiger partial charge in [0.05, 0.1) is 18.1 Å². The van der Waals surface area contributed by atoms with Crippen molar-refractivity contribution in [3.63, 3.8) is 0 Å². The third kappa shape index (κ3) is 6.20. The second kappa shape index (κ2) is 10.8. The maximum absolute atomic E-state index is 13.3. The monoisotopic (exact) mass is 480 g/mol. The van der Waals surface area contributed by atoms with Crippen LogP contribution in [0.15, 0.2) is 28.8 Å². The van der Waals surface area contributed by atoms with Gasteiger partial charge >= 0.3 is 11.8 Å². The first-order valence-corrected chi connectivity index (χ1v) is 11.1. The minimum Gasteiger partial charge on any atom is -0.361 e. The third-order valence-corrected chi connectivity index (χ3v) is 5.28. The zero-order valence-electron chi connectivity index (χ0n) is 19.9. The Bertz CT molecular complexity index is 1260. The molecule has 0 unspecified atom stereocenters. The van der Waals surface area contributed by atoms with E-state index in [0.717, 1.165) is 18.4 Å². The Morgan fingerprint density at radius 1 is 1.23 bits per heavy atom. The lowest BCUT2D eigenvalue weighted by molar-refractivity contribution is -0.125. The summed E-state index contributed by atoms with van der Waals surface area (Å²) in [5.74, 6) is -2.09. The van der Waals surface area contributed by atoms with Gasteiger partial charge in [0.15, 0.2) is 11.5 Å². The molecule has 0 aliphatic carbocycles. The second-order valence-electron chi connectivity index (χ2n) is 9.07. The summed E-state index contributed by atoms with van der Waals surface area (Å²) in [7, 11) is 0. The molecule has 0 aliphatic heterocycles. The molecule has 0 bridgehead atoms. The van der Waals surface area contributed by atoms with E-state index in [4.69, 9.17) is 15.5 Å². The Hall–Kier alpha value is -4.27. The summed E-state index contributed by atoms with van der Waals surface area (Å²) in [4.78, 5) is 41.1. The van der Waals surface area contributed by atoms with Gasteiger partial charge in [-0.3, -0.25) is 19.1 Å². The van der Waals surface area contributed by atoms with Crippen molar-refractivity contribution in [3.05, 3.63) is 41.7 Å². The van der Waals surface area contributed by atoms with Crippen LogP contribution in [0.3, 0.4) is 0 Å². The summed E-state index contributed by atoms with van der Waals surface area (Å²) in [5.41, 5.74) is 5.47. The average molecular weight is 481 g/mol. The number of benzene rings is 1. The molecule has 3 amide bonds. The minimum absolute atomic E-state index is 0.0762. The highest BCUT2D eigenvalue weighted by atomic mass is 16.5. The van der Waals surface area contributed by atoms with E-state index >= 15 is 0 Å². The molecule has 12 heteroatoms. The van der Waals surface area contributed by atoms with Gasteiger partial charge in [-0.1, -0.05) is 44.1 Å². The number of hydrogen-bond acceptors (Lipinski definition) is 8. The van der Waals surface area contributed by atoms with Gasteiger partial charge < -0.3 is 20.9 Å². The molecule has 3 rings (SSSR count). The third-order valence-electron chi connectivity index (χ3n) is 5.28. The smallest absolute Gasteiger partial charge is 0.315 e. The van der Waals surface area contributed by atoms with Gasteiger partial charge in [0.2, 0.25) is 5.91 Å². The first-order valence-electron chi connectivity index (χ1n) is 11.1. The van der Waals surface area contributed by atoms with E-state index in [0.29, 0.717) is 18.4 Å². The van der Waals surface area contributed by atoms with Crippen LogP contribution in [-0.4, -0.2) is 43.7 Å². The van der Waals surface area contributed by atoms with Crippen LogP contribution in [0.25, 0.3) is 10.9 Å². The van der Waals surface area contributed by atoms with Crippen molar-refractivity contribution in [1.82, 2.24) is 30.6 Å². The predicted molar refractivity (Wildman–Crippen MR) is 125 cm³/mol. The van der Waals surface area contributed by atoms with E-state index in [1.165, 1.54) is 0 Å². The van der Waals surface area contributed by atoms with Crippen LogP contribution >= 0.6 is 0 Å². The Labute approximate surface area is 201 Å². The SMILES string of the molecule is CC(C)(C)[C@H](NC(=O)c1nn(CCCCC#N)c2ccccc12)C(=O)NCc1noc(C(N)=O)n1. The van der Waals surface area contributed by atoms with Crippen LogP contribution in [0.2, 0.25) is 0 Å². The van der Waals surface area contributed by atoms with E-state index in [1.54, 1.807) is 4.68 Å². The first-order chi connectivity index (χ1) is 16.6. The molecule has 4 N–H and O–H groups in total. The number of rotatable bonds is 10. The number of hydrogen-bond donors (Lipinski definition) is 3. The van der Waals surface area contributed by atoms with Crippen molar-refractivity contribution < 1.29 is 18.9 Å². The first kappa shape index (κ1) is 25.4. The van der Waals surface area contributed by atoms with Gasteiger partial charge in [0.25, 0.3) is 5.91 Å². The van der Waals surface area contributed by atoms with E-state index in [-0.39, 0.29) is 24.0 Å². The Balaban J connectivity index is 1.76. The molecule has 0 aliphatic rings. The Morgan fingerprint density at radius 2 is 1.97 bits per heavy atom. The standard InChI is InChI=1S/C23H28N8O4/c1-23(2,3)18(21(34)26-13-16-27-22(19(25)32)35-30-16)28-20(33)17-14-9-5-6-10-15(14)31(29-17)12-8-4-7-11-24/h5-6,9-10,18H,4,7-8,12-13H2,1-3H3,(H2,25,32)(H,26,34)(H,28,33)/t18-/m1/s1. The molecule has 1 aromatic carbocycles. The summed E-state index contributed by atoms with van der Waals surface area (Å²) in [6, 6.07) is 8.59. The number of primary amides is 1. The lowest BCUT2D eigenvalue weighted by atomic mass is 9.86. The molecule has 2 heterocycles. The molecule has 0 spiro atoms. The zero-order chi connectivity index (χ0) is 25.6. The summed E-state index contributed by atoms with van der Waals surface area (Å²) in [6.07, 6.45) is 1.95. The van der Waals surface area contributed by atoms with Crippen LogP contribution in [0.5, 0.6) is 0 Å². The maximum Gasteiger partial charge on any atom is 0.315 e. The molecule has 2 aromatic heterocycles. The number of nitrogens with two attached hydrogens (primary N) is 1. The minimum atomic E-state index is -0.906. The summed E-state index contributed by atoms with van der Waals surface area (Å²) in [5, 5.41) is 23.0. The highest BCUT2D eigenvalue weighted by molar-refractivity contribution is 6.06. The van der Waals surface area contributed by atoms with Crippen molar-refractivity contribution in [2.45, 2.75) is 59.2 Å². The molecule has 0 radical (unpaired) electrons. The highest BCUT2D eigenvalue weighted by Gasteiger charge is 2.34. The van der Waals surface area contributed by atoms with Crippen molar-refractivity contribution in [3.8, 4) is 6.07 Å². The lowest BCUT2D eigenvalue weighted by Gasteiger charge is -2.30. The van der Waals surface area contributed by atoms with E-state index in [9.17, 15) is 14.4 Å². The number of unbranched alkanes of at least 4 members (excludes halogenated alkanes) is 2. The average Bonchev–Trinajstić information content (AvgIpc) is 3.43. The van der Waals surface area contributed by atoms with Crippen LogP contribution in [-0.2, 0) is 17.9 Å². The molecule has 12 nitrogen and oxygen atoms in total. The summed E-state index contributed by atoms with van der Waals surface area (Å²) >= 11 is 0. The number of amides is 3. The number of nitriles is 1. The van der Waals surface area contributed by atoms with E-state index in [2.05, 4.69) is 31.9 Å². The van der Waals surface area contributed by atoms with E-state index in [1.807, 2.05) is 45.0 Å². The lowest BCUT2D eigenvalue weighted by Crippen LogP contribution is -2.53. The number of para-hydroxylation sites is 1. The summed E-state index contributed by atoms with van der Waals surface area (Å²) in [6.45, 7) is 5.92. The fourth-order valence-electron chi connectivity index (χ4n) is 3.50. The van der Waals surface area contributed by atoms with Gasteiger partial charge in [0, 0.05) is 18.4 Å².